The molecule has 2 heterocycles. The van der Waals surface area contributed by atoms with Gasteiger partial charge in [0.2, 0.25) is 10.0 Å². The Balaban J connectivity index is 1.48. The summed E-state index contributed by atoms with van der Waals surface area (Å²) in [6.45, 7) is -0.120. The maximum Gasteiger partial charge on any atom is 0.333 e. The van der Waals surface area contributed by atoms with Crippen molar-refractivity contribution in [1.29, 1.82) is 0 Å². The summed E-state index contributed by atoms with van der Waals surface area (Å²) in [6, 6.07) is 9.12. The lowest BCUT2D eigenvalue weighted by Crippen LogP contribution is -2.39. The molecule has 0 radical (unpaired) electrons. The number of nitrogens with zero attached hydrogens (tertiary/aromatic N) is 3. The Morgan fingerprint density at radius 3 is 2.48 bits per heavy atom. The molecule has 29 heavy (non-hydrogen) atoms. The second-order valence-electron chi connectivity index (χ2n) is 7.10. The van der Waals surface area contributed by atoms with Gasteiger partial charge >= 0.3 is 6.55 Å². The zero-order chi connectivity index (χ0) is 21.0. The Hall–Kier alpha value is -2.33. The maximum absolute atomic E-state index is 12.8. The van der Waals surface area contributed by atoms with Crippen LogP contribution in [0.25, 0.3) is 0 Å². The molecule has 1 aliphatic heterocycles. The van der Waals surface area contributed by atoms with Crippen molar-refractivity contribution in [1.82, 2.24) is 19.4 Å². The van der Waals surface area contributed by atoms with E-state index >= 15 is 0 Å². The number of amides is 1. The van der Waals surface area contributed by atoms with Gasteiger partial charge in [0.25, 0.3) is 5.91 Å². The molecule has 0 unspecified atom stereocenters. The first-order valence-electron chi connectivity index (χ1n) is 9.46. The molecule has 1 aromatic carbocycles. The van der Waals surface area contributed by atoms with Crippen LogP contribution in [-0.4, -0.2) is 48.6 Å². The molecule has 0 bridgehead atoms. The number of carbonyl (C=O) groups is 1. The van der Waals surface area contributed by atoms with Gasteiger partial charge in [-0.2, -0.15) is 13.9 Å². The van der Waals surface area contributed by atoms with E-state index in [-0.39, 0.29) is 23.0 Å². The standard InChI is InChI=1S/C19H24F2N4O3S/c1-14-17(13-22-25(14)19(20)21)29(27,28)23-10-7-15-8-11-24(12-9-15)18(26)16-5-3-2-4-6-16/h2-6,13,15,19,23H,7-12H2,1H3. The average molecular weight is 426 g/mol. The summed E-state index contributed by atoms with van der Waals surface area (Å²) >= 11 is 0. The molecule has 1 saturated heterocycles. The van der Waals surface area contributed by atoms with Crippen molar-refractivity contribution in [3.05, 3.63) is 47.8 Å². The summed E-state index contributed by atoms with van der Waals surface area (Å²) in [7, 11) is -3.90. The Morgan fingerprint density at radius 2 is 1.90 bits per heavy atom. The molecule has 1 amide bonds. The summed E-state index contributed by atoms with van der Waals surface area (Å²) in [6.07, 6.45) is 3.15. The third kappa shape index (κ3) is 4.99. The van der Waals surface area contributed by atoms with Crippen LogP contribution in [0, 0.1) is 12.8 Å². The number of rotatable bonds is 7. The molecular weight excluding hydrogens is 402 g/mol. The number of aromatic nitrogens is 2. The fourth-order valence-electron chi connectivity index (χ4n) is 3.53. The number of benzene rings is 1. The van der Waals surface area contributed by atoms with Crippen LogP contribution in [0.1, 0.15) is 41.9 Å². The van der Waals surface area contributed by atoms with Crippen molar-refractivity contribution in [2.75, 3.05) is 19.6 Å². The van der Waals surface area contributed by atoms with Gasteiger partial charge in [-0.05, 0) is 44.2 Å². The van der Waals surface area contributed by atoms with Gasteiger partial charge in [-0.15, -0.1) is 0 Å². The molecule has 1 fully saturated rings. The van der Waals surface area contributed by atoms with E-state index in [4.69, 9.17) is 0 Å². The Morgan fingerprint density at radius 1 is 1.24 bits per heavy atom. The van der Waals surface area contributed by atoms with Crippen LogP contribution in [0.5, 0.6) is 0 Å². The lowest BCUT2D eigenvalue weighted by Gasteiger charge is -2.32. The molecule has 2 aromatic rings. The first-order valence-corrected chi connectivity index (χ1v) is 10.9. The van der Waals surface area contributed by atoms with Crippen LogP contribution in [0.3, 0.4) is 0 Å². The van der Waals surface area contributed by atoms with E-state index in [1.54, 1.807) is 12.1 Å². The normalized spacial score (nSPS) is 15.8. The molecular formula is C19H24F2N4O3S. The number of hydrogen-bond acceptors (Lipinski definition) is 4. The van der Waals surface area contributed by atoms with Gasteiger partial charge in [-0.1, -0.05) is 18.2 Å². The van der Waals surface area contributed by atoms with Gasteiger partial charge < -0.3 is 4.90 Å². The molecule has 1 aliphatic rings. The van der Waals surface area contributed by atoms with Crippen LogP contribution < -0.4 is 4.72 Å². The number of sulfonamides is 1. The van der Waals surface area contributed by atoms with Gasteiger partial charge in [0.05, 0.1) is 11.9 Å². The number of hydrogen-bond donors (Lipinski definition) is 1. The molecule has 0 saturated carbocycles. The predicted octanol–water partition coefficient (Wildman–Crippen LogP) is 2.81. The summed E-state index contributed by atoms with van der Waals surface area (Å²) < 4.78 is 53.1. The lowest BCUT2D eigenvalue weighted by atomic mass is 9.93. The van der Waals surface area contributed by atoms with Crippen molar-refractivity contribution in [2.45, 2.75) is 37.6 Å². The first kappa shape index (κ1) is 21.4. The SMILES string of the molecule is Cc1c(S(=O)(=O)NCCC2CCN(C(=O)c3ccccc3)CC2)cnn1C(F)F. The second-order valence-corrected chi connectivity index (χ2v) is 8.84. The highest BCUT2D eigenvalue weighted by Gasteiger charge is 2.26. The van der Waals surface area contributed by atoms with Crippen LogP contribution in [0.15, 0.2) is 41.4 Å². The number of piperidine rings is 1. The van der Waals surface area contributed by atoms with E-state index in [0.29, 0.717) is 35.7 Å². The van der Waals surface area contributed by atoms with E-state index in [1.165, 1.54) is 6.92 Å². The molecule has 3 rings (SSSR count). The minimum atomic E-state index is -3.90. The van der Waals surface area contributed by atoms with Gasteiger partial charge in [-0.25, -0.2) is 17.8 Å². The first-order chi connectivity index (χ1) is 13.8. The van der Waals surface area contributed by atoms with E-state index in [9.17, 15) is 22.0 Å². The molecule has 1 N–H and O–H groups in total. The Labute approximate surface area is 168 Å². The lowest BCUT2D eigenvalue weighted by molar-refractivity contribution is 0.0541. The summed E-state index contributed by atoms with van der Waals surface area (Å²) in [4.78, 5) is 14.0. The molecule has 1 aromatic heterocycles. The van der Waals surface area contributed by atoms with E-state index in [0.717, 1.165) is 19.0 Å². The van der Waals surface area contributed by atoms with Crippen molar-refractivity contribution < 1.29 is 22.0 Å². The zero-order valence-electron chi connectivity index (χ0n) is 16.1. The fraction of sp³-hybridized carbons (Fsp3) is 0.474. The summed E-state index contributed by atoms with van der Waals surface area (Å²) in [5.41, 5.74) is 0.568. The molecule has 158 valence electrons. The quantitative estimate of drug-likeness (QED) is 0.738. The van der Waals surface area contributed by atoms with E-state index in [1.807, 2.05) is 23.1 Å². The molecule has 0 spiro atoms. The molecule has 10 heteroatoms. The number of carbonyl (C=O) groups excluding carboxylic acids is 1. The van der Waals surface area contributed by atoms with Crippen LogP contribution in [0.2, 0.25) is 0 Å². The highest BCUT2D eigenvalue weighted by atomic mass is 32.2. The van der Waals surface area contributed by atoms with Crippen LogP contribution >= 0.6 is 0 Å². The van der Waals surface area contributed by atoms with Gasteiger partial charge in [-0.3, -0.25) is 4.79 Å². The molecule has 0 aliphatic carbocycles. The summed E-state index contributed by atoms with van der Waals surface area (Å²) in [5, 5.41) is 3.44. The van der Waals surface area contributed by atoms with Gasteiger partial charge in [0.15, 0.2) is 0 Å². The number of halogens is 2. The highest BCUT2D eigenvalue weighted by molar-refractivity contribution is 7.89. The predicted molar refractivity (Wildman–Crippen MR) is 103 cm³/mol. The average Bonchev–Trinajstić information content (AvgIpc) is 3.11. The minimum absolute atomic E-state index is 0.0104. The zero-order valence-corrected chi connectivity index (χ0v) is 16.9. The van der Waals surface area contributed by atoms with Crippen LogP contribution in [-0.2, 0) is 10.0 Å². The molecule has 0 atom stereocenters. The van der Waals surface area contributed by atoms with Crippen molar-refractivity contribution in [2.24, 2.45) is 5.92 Å². The highest BCUT2D eigenvalue weighted by Crippen LogP contribution is 2.23. The number of nitrogens with one attached hydrogen (secondary N) is 1. The van der Waals surface area contributed by atoms with E-state index < -0.39 is 16.6 Å². The second kappa shape index (κ2) is 9.00. The smallest absolute Gasteiger partial charge is 0.333 e. The Bertz CT molecular complexity index is 940. The topological polar surface area (TPSA) is 84.3 Å². The van der Waals surface area contributed by atoms with Crippen LogP contribution in [0.4, 0.5) is 8.78 Å². The van der Waals surface area contributed by atoms with Crippen molar-refractivity contribution in [3.8, 4) is 0 Å². The van der Waals surface area contributed by atoms with E-state index in [2.05, 4.69) is 9.82 Å². The number of alkyl halides is 2. The molecule has 7 nitrogen and oxygen atoms in total. The minimum Gasteiger partial charge on any atom is -0.339 e. The largest absolute Gasteiger partial charge is 0.339 e. The summed E-state index contributed by atoms with van der Waals surface area (Å²) in [5.74, 6) is 0.304. The Kier molecular flexibility index (Phi) is 6.63. The third-order valence-corrected chi connectivity index (χ3v) is 6.81. The van der Waals surface area contributed by atoms with Gasteiger partial charge in [0, 0.05) is 25.2 Å². The third-order valence-electron chi connectivity index (χ3n) is 5.24. The maximum atomic E-state index is 12.8. The monoisotopic (exact) mass is 426 g/mol. The number of likely N-dealkylation sites (tertiary alicyclic amines) is 1. The fourth-order valence-corrected chi connectivity index (χ4v) is 4.74. The van der Waals surface area contributed by atoms with Crippen molar-refractivity contribution >= 4 is 15.9 Å². The van der Waals surface area contributed by atoms with Crippen molar-refractivity contribution in [3.63, 3.8) is 0 Å². The van der Waals surface area contributed by atoms with Gasteiger partial charge in [0.1, 0.15) is 4.90 Å².